The fraction of sp³-hybridized carbons (Fsp3) is 0.438. The van der Waals surface area contributed by atoms with E-state index in [2.05, 4.69) is 48.1 Å². The van der Waals surface area contributed by atoms with Gasteiger partial charge in [0.25, 0.3) is 0 Å². The average Bonchev–Trinajstić information content (AvgIpc) is 2.62. The van der Waals surface area contributed by atoms with Gasteiger partial charge in [-0.05, 0) is 26.8 Å². The number of fused-ring (bicyclic) bond motifs is 1. The van der Waals surface area contributed by atoms with Gasteiger partial charge in [0.1, 0.15) is 0 Å². The van der Waals surface area contributed by atoms with Crippen molar-refractivity contribution in [2.75, 3.05) is 13.1 Å². The molecule has 1 aliphatic heterocycles. The number of aromatic nitrogens is 2. The highest BCUT2D eigenvalue weighted by Gasteiger charge is 2.19. The predicted octanol–water partition coefficient (Wildman–Crippen LogP) is 2.57. The second-order valence-corrected chi connectivity index (χ2v) is 5.21. The van der Waals surface area contributed by atoms with Crippen LogP contribution in [0.4, 0.5) is 0 Å². The summed E-state index contributed by atoms with van der Waals surface area (Å²) in [6, 6.07) is 8.81. The highest BCUT2D eigenvalue weighted by Crippen LogP contribution is 2.28. The first kappa shape index (κ1) is 12.4. The summed E-state index contributed by atoms with van der Waals surface area (Å²) in [5.74, 6) is 0. The van der Waals surface area contributed by atoms with Gasteiger partial charge in [-0.3, -0.25) is 4.68 Å². The lowest BCUT2D eigenvalue weighted by Crippen LogP contribution is -2.17. The molecule has 1 aromatic carbocycles. The van der Waals surface area contributed by atoms with Gasteiger partial charge in [-0.15, -0.1) is 0 Å². The number of nitrogens with one attached hydrogen (secondary N) is 1. The first-order valence-corrected chi connectivity index (χ1v) is 7.16. The summed E-state index contributed by atoms with van der Waals surface area (Å²) >= 11 is 0. The zero-order chi connectivity index (χ0) is 13.2. The average molecular weight is 255 g/mol. The van der Waals surface area contributed by atoms with Crippen molar-refractivity contribution in [3.8, 4) is 11.3 Å². The van der Waals surface area contributed by atoms with E-state index in [1.165, 1.54) is 28.1 Å². The molecule has 0 atom stereocenters. The fourth-order valence-corrected chi connectivity index (χ4v) is 2.82. The molecule has 2 heterocycles. The van der Waals surface area contributed by atoms with E-state index in [0.717, 1.165) is 32.5 Å². The Bertz CT molecular complexity index is 566. The van der Waals surface area contributed by atoms with E-state index in [1.54, 1.807) is 0 Å². The molecule has 0 aliphatic carbocycles. The van der Waals surface area contributed by atoms with Gasteiger partial charge >= 0.3 is 0 Å². The standard InChI is InChI=1S/C16H21N3/c1-3-19-16(13-6-4-12(2)5-7-13)14-8-10-17-11-9-15(14)18-19/h4-7,17H,3,8-11H2,1-2H3. The number of aryl methyl sites for hydroxylation is 2. The fourth-order valence-electron chi connectivity index (χ4n) is 2.82. The van der Waals surface area contributed by atoms with E-state index in [-0.39, 0.29) is 0 Å². The van der Waals surface area contributed by atoms with E-state index in [9.17, 15) is 0 Å². The van der Waals surface area contributed by atoms with Gasteiger partial charge in [0, 0.05) is 30.6 Å². The summed E-state index contributed by atoms with van der Waals surface area (Å²) in [5, 5.41) is 8.26. The van der Waals surface area contributed by atoms with Crippen LogP contribution in [0.25, 0.3) is 11.3 Å². The summed E-state index contributed by atoms with van der Waals surface area (Å²) in [6.07, 6.45) is 2.12. The Labute approximate surface area is 114 Å². The molecule has 1 N–H and O–H groups in total. The van der Waals surface area contributed by atoms with Crippen molar-refractivity contribution in [2.24, 2.45) is 0 Å². The van der Waals surface area contributed by atoms with Crippen molar-refractivity contribution in [1.82, 2.24) is 15.1 Å². The third-order valence-corrected chi connectivity index (χ3v) is 3.85. The number of nitrogens with zero attached hydrogens (tertiary/aromatic N) is 2. The molecule has 1 aromatic heterocycles. The van der Waals surface area contributed by atoms with Crippen LogP contribution in [0.1, 0.15) is 23.7 Å². The van der Waals surface area contributed by atoms with E-state index < -0.39 is 0 Å². The first-order chi connectivity index (χ1) is 9.29. The zero-order valence-electron chi connectivity index (χ0n) is 11.7. The number of rotatable bonds is 2. The summed E-state index contributed by atoms with van der Waals surface area (Å²) < 4.78 is 2.17. The Morgan fingerprint density at radius 3 is 2.63 bits per heavy atom. The van der Waals surface area contributed by atoms with Crippen molar-refractivity contribution in [1.29, 1.82) is 0 Å². The maximum absolute atomic E-state index is 4.80. The molecule has 3 nitrogen and oxygen atoms in total. The third-order valence-electron chi connectivity index (χ3n) is 3.85. The monoisotopic (exact) mass is 255 g/mol. The molecular formula is C16H21N3. The van der Waals surface area contributed by atoms with Crippen molar-refractivity contribution >= 4 is 0 Å². The molecule has 0 radical (unpaired) electrons. The van der Waals surface area contributed by atoms with Crippen LogP contribution < -0.4 is 5.32 Å². The molecule has 100 valence electrons. The van der Waals surface area contributed by atoms with Crippen LogP contribution in [0, 0.1) is 6.92 Å². The summed E-state index contributed by atoms with van der Waals surface area (Å²) in [6.45, 7) is 7.33. The number of benzene rings is 1. The van der Waals surface area contributed by atoms with Crippen LogP contribution >= 0.6 is 0 Å². The van der Waals surface area contributed by atoms with Gasteiger partial charge in [-0.1, -0.05) is 29.8 Å². The van der Waals surface area contributed by atoms with Crippen molar-refractivity contribution < 1.29 is 0 Å². The molecule has 19 heavy (non-hydrogen) atoms. The third kappa shape index (κ3) is 2.30. The van der Waals surface area contributed by atoms with E-state index >= 15 is 0 Å². The molecule has 0 unspecified atom stereocenters. The molecule has 0 saturated heterocycles. The summed E-state index contributed by atoms with van der Waals surface area (Å²) in [7, 11) is 0. The number of hydrogen-bond acceptors (Lipinski definition) is 2. The molecule has 0 bridgehead atoms. The minimum atomic E-state index is 0.934. The minimum Gasteiger partial charge on any atom is -0.316 e. The van der Waals surface area contributed by atoms with E-state index in [1.807, 2.05) is 0 Å². The Morgan fingerprint density at radius 2 is 1.89 bits per heavy atom. The van der Waals surface area contributed by atoms with Gasteiger partial charge in [0.15, 0.2) is 0 Å². The molecule has 3 rings (SSSR count). The molecule has 1 aliphatic rings. The van der Waals surface area contributed by atoms with Gasteiger partial charge in [-0.25, -0.2) is 0 Å². The van der Waals surface area contributed by atoms with E-state index in [0.29, 0.717) is 0 Å². The SMILES string of the molecule is CCn1nc2c(c1-c1ccc(C)cc1)CCNCC2. The van der Waals surface area contributed by atoms with E-state index in [4.69, 9.17) is 5.10 Å². The topological polar surface area (TPSA) is 29.9 Å². The maximum atomic E-state index is 4.80. The minimum absolute atomic E-state index is 0.934. The Hall–Kier alpha value is -1.61. The van der Waals surface area contributed by atoms with Crippen molar-refractivity contribution in [3.05, 3.63) is 41.1 Å². The van der Waals surface area contributed by atoms with Crippen LogP contribution in [0.15, 0.2) is 24.3 Å². The van der Waals surface area contributed by atoms with Crippen LogP contribution in [0.3, 0.4) is 0 Å². The second-order valence-electron chi connectivity index (χ2n) is 5.21. The molecule has 2 aromatic rings. The van der Waals surface area contributed by atoms with Gasteiger partial charge in [-0.2, -0.15) is 5.10 Å². The molecular weight excluding hydrogens is 234 g/mol. The smallest absolute Gasteiger partial charge is 0.0717 e. The summed E-state index contributed by atoms with van der Waals surface area (Å²) in [5.41, 5.74) is 6.64. The van der Waals surface area contributed by atoms with Gasteiger partial charge in [0.05, 0.1) is 11.4 Å². The van der Waals surface area contributed by atoms with Crippen LogP contribution in [-0.2, 0) is 19.4 Å². The Balaban J connectivity index is 2.13. The number of hydrogen-bond donors (Lipinski definition) is 1. The normalized spacial score (nSPS) is 15.1. The molecule has 0 fully saturated rings. The molecule has 0 spiro atoms. The second kappa shape index (κ2) is 5.17. The molecule has 0 amide bonds. The highest BCUT2D eigenvalue weighted by molar-refractivity contribution is 5.65. The maximum Gasteiger partial charge on any atom is 0.0717 e. The van der Waals surface area contributed by atoms with Crippen molar-refractivity contribution in [3.63, 3.8) is 0 Å². The Morgan fingerprint density at radius 1 is 1.16 bits per heavy atom. The summed E-state index contributed by atoms with van der Waals surface area (Å²) in [4.78, 5) is 0. The first-order valence-electron chi connectivity index (χ1n) is 7.16. The lowest BCUT2D eigenvalue weighted by atomic mass is 10.0. The van der Waals surface area contributed by atoms with Crippen molar-refractivity contribution in [2.45, 2.75) is 33.2 Å². The largest absolute Gasteiger partial charge is 0.316 e. The van der Waals surface area contributed by atoms with Gasteiger partial charge in [0.2, 0.25) is 0 Å². The van der Waals surface area contributed by atoms with Crippen LogP contribution in [-0.4, -0.2) is 22.9 Å². The molecule has 3 heteroatoms. The van der Waals surface area contributed by atoms with Crippen LogP contribution in [0.5, 0.6) is 0 Å². The van der Waals surface area contributed by atoms with Crippen LogP contribution in [0.2, 0.25) is 0 Å². The van der Waals surface area contributed by atoms with Gasteiger partial charge < -0.3 is 5.32 Å². The highest BCUT2D eigenvalue weighted by atomic mass is 15.3. The quantitative estimate of drug-likeness (QED) is 0.894. The lowest BCUT2D eigenvalue weighted by molar-refractivity contribution is 0.638. The predicted molar refractivity (Wildman–Crippen MR) is 78.4 cm³/mol. The Kier molecular flexibility index (Phi) is 3.38. The lowest BCUT2D eigenvalue weighted by Gasteiger charge is -2.08. The zero-order valence-corrected chi connectivity index (χ0v) is 11.7. The molecule has 0 saturated carbocycles.